The van der Waals surface area contributed by atoms with Crippen molar-refractivity contribution in [3.63, 3.8) is 0 Å². The van der Waals surface area contributed by atoms with Crippen molar-refractivity contribution < 1.29 is 4.74 Å². The van der Waals surface area contributed by atoms with Crippen LogP contribution >= 0.6 is 0 Å². The number of methoxy groups -OCH3 is 1. The average molecular weight is 257 g/mol. The second kappa shape index (κ2) is 5.03. The molecule has 19 heavy (non-hydrogen) atoms. The molecule has 4 nitrogen and oxygen atoms in total. The van der Waals surface area contributed by atoms with Crippen molar-refractivity contribution in [2.24, 2.45) is 0 Å². The van der Waals surface area contributed by atoms with E-state index in [0.717, 1.165) is 30.4 Å². The summed E-state index contributed by atoms with van der Waals surface area (Å²) in [4.78, 5) is 0. The molecule has 1 aromatic heterocycles. The van der Waals surface area contributed by atoms with Gasteiger partial charge < -0.3 is 9.30 Å². The van der Waals surface area contributed by atoms with Crippen molar-refractivity contribution in [2.75, 3.05) is 7.11 Å². The maximum absolute atomic E-state index is 5.18. The van der Waals surface area contributed by atoms with Crippen LogP contribution in [0.25, 0.3) is 0 Å². The van der Waals surface area contributed by atoms with E-state index in [1.165, 1.54) is 18.4 Å². The van der Waals surface area contributed by atoms with Crippen molar-refractivity contribution in [2.45, 2.75) is 38.6 Å². The van der Waals surface area contributed by atoms with Crippen molar-refractivity contribution >= 4 is 0 Å². The molecule has 0 spiro atoms. The summed E-state index contributed by atoms with van der Waals surface area (Å²) in [6.07, 6.45) is 3.28. The molecular formula is C15H19N3O. The molecule has 2 heterocycles. The molecule has 0 saturated carbocycles. The summed E-state index contributed by atoms with van der Waals surface area (Å²) in [6.45, 7) is 3.29. The van der Waals surface area contributed by atoms with E-state index in [4.69, 9.17) is 4.74 Å². The third-order valence-corrected chi connectivity index (χ3v) is 3.84. The van der Waals surface area contributed by atoms with Gasteiger partial charge in [0.15, 0.2) is 0 Å². The van der Waals surface area contributed by atoms with Gasteiger partial charge in [-0.3, -0.25) is 0 Å². The first-order valence-electron chi connectivity index (χ1n) is 6.83. The monoisotopic (exact) mass is 257 g/mol. The first-order chi connectivity index (χ1) is 9.28. The molecule has 4 heteroatoms. The Balaban J connectivity index is 1.83. The molecule has 0 fully saturated rings. The van der Waals surface area contributed by atoms with Gasteiger partial charge in [-0.1, -0.05) is 19.1 Å². The van der Waals surface area contributed by atoms with E-state index in [0.29, 0.717) is 5.92 Å². The topological polar surface area (TPSA) is 39.9 Å². The molecule has 0 N–H and O–H groups in total. The zero-order valence-corrected chi connectivity index (χ0v) is 11.5. The van der Waals surface area contributed by atoms with Crippen LogP contribution in [0.4, 0.5) is 0 Å². The Labute approximate surface area is 113 Å². The van der Waals surface area contributed by atoms with Gasteiger partial charge in [0, 0.05) is 18.9 Å². The molecule has 1 aromatic carbocycles. The van der Waals surface area contributed by atoms with Crippen molar-refractivity contribution in [3.8, 4) is 5.75 Å². The van der Waals surface area contributed by atoms with Gasteiger partial charge in [0.05, 0.1) is 7.11 Å². The van der Waals surface area contributed by atoms with Crippen LogP contribution in [0.1, 0.15) is 42.9 Å². The maximum Gasteiger partial charge on any atom is 0.137 e. The zero-order valence-electron chi connectivity index (χ0n) is 11.5. The zero-order chi connectivity index (χ0) is 13.2. The quantitative estimate of drug-likeness (QED) is 0.849. The van der Waals surface area contributed by atoms with Gasteiger partial charge in [-0.25, -0.2) is 0 Å². The summed E-state index contributed by atoms with van der Waals surface area (Å²) in [7, 11) is 1.69. The van der Waals surface area contributed by atoms with E-state index in [1.54, 1.807) is 7.11 Å². The molecule has 0 radical (unpaired) electrons. The van der Waals surface area contributed by atoms with E-state index in [-0.39, 0.29) is 0 Å². The van der Waals surface area contributed by atoms with Gasteiger partial charge >= 0.3 is 0 Å². The fourth-order valence-electron chi connectivity index (χ4n) is 2.70. The molecule has 0 aliphatic carbocycles. The predicted molar refractivity (Wildman–Crippen MR) is 73.5 cm³/mol. The molecule has 100 valence electrons. The van der Waals surface area contributed by atoms with E-state index in [9.17, 15) is 0 Å². The Hall–Kier alpha value is -1.84. The minimum absolute atomic E-state index is 0.533. The Morgan fingerprint density at radius 2 is 2.05 bits per heavy atom. The third kappa shape index (κ3) is 2.35. The predicted octanol–water partition coefficient (Wildman–Crippen LogP) is 2.77. The van der Waals surface area contributed by atoms with E-state index >= 15 is 0 Å². The maximum atomic E-state index is 5.18. The Bertz CT molecular complexity index is 559. The first kappa shape index (κ1) is 12.2. The first-order valence-corrected chi connectivity index (χ1v) is 6.83. The van der Waals surface area contributed by atoms with Crippen LogP contribution < -0.4 is 4.74 Å². The van der Waals surface area contributed by atoms with Crippen LogP contribution in [0.2, 0.25) is 0 Å². The number of hydrogen-bond acceptors (Lipinski definition) is 3. The largest absolute Gasteiger partial charge is 0.497 e. The highest BCUT2D eigenvalue weighted by Crippen LogP contribution is 2.26. The molecule has 3 rings (SSSR count). The summed E-state index contributed by atoms with van der Waals surface area (Å²) >= 11 is 0. The standard InChI is InChI=1S/C15H19N3O/c1-11-4-3-9-18-14(16-17-15(11)18)10-12-5-7-13(19-2)8-6-12/h5-8,11H,3-4,9-10H2,1-2H3. The average Bonchev–Trinajstić information content (AvgIpc) is 2.84. The van der Waals surface area contributed by atoms with Gasteiger partial charge in [0.1, 0.15) is 17.4 Å². The lowest BCUT2D eigenvalue weighted by Crippen LogP contribution is -2.16. The lowest BCUT2D eigenvalue weighted by molar-refractivity contribution is 0.414. The molecular weight excluding hydrogens is 238 g/mol. The highest BCUT2D eigenvalue weighted by Gasteiger charge is 2.21. The summed E-state index contributed by atoms with van der Waals surface area (Å²) < 4.78 is 7.47. The van der Waals surface area contributed by atoms with Crippen LogP contribution in [-0.4, -0.2) is 21.9 Å². The number of ether oxygens (including phenoxy) is 1. The molecule has 1 aliphatic heterocycles. The molecule has 0 bridgehead atoms. The molecule has 1 unspecified atom stereocenters. The van der Waals surface area contributed by atoms with Gasteiger partial charge in [-0.2, -0.15) is 0 Å². The summed E-state index contributed by atoms with van der Waals surface area (Å²) in [6, 6.07) is 8.16. The Morgan fingerprint density at radius 3 is 2.79 bits per heavy atom. The molecule has 0 amide bonds. The van der Waals surface area contributed by atoms with Gasteiger partial charge in [-0.05, 0) is 30.5 Å². The molecule has 0 saturated heterocycles. The Morgan fingerprint density at radius 1 is 1.26 bits per heavy atom. The van der Waals surface area contributed by atoms with Crippen molar-refractivity contribution in [3.05, 3.63) is 41.5 Å². The molecule has 1 aliphatic rings. The number of aromatic nitrogens is 3. The lowest BCUT2D eigenvalue weighted by atomic mass is 10.0. The fourth-order valence-corrected chi connectivity index (χ4v) is 2.70. The van der Waals surface area contributed by atoms with Crippen LogP contribution in [0, 0.1) is 0 Å². The second-order valence-electron chi connectivity index (χ2n) is 5.19. The number of hydrogen-bond donors (Lipinski definition) is 0. The van der Waals surface area contributed by atoms with E-state index in [2.05, 4.69) is 33.8 Å². The van der Waals surface area contributed by atoms with Crippen molar-refractivity contribution in [1.82, 2.24) is 14.8 Å². The normalized spacial score (nSPS) is 18.1. The van der Waals surface area contributed by atoms with Gasteiger partial charge in [0.25, 0.3) is 0 Å². The van der Waals surface area contributed by atoms with Crippen LogP contribution in [-0.2, 0) is 13.0 Å². The summed E-state index contributed by atoms with van der Waals surface area (Å²) in [5.41, 5.74) is 1.24. The van der Waals surface area contributed by atoms with Gasteiger partial charge in [0.2, 0.25) is 0 Å². The minimum Gasteiger partial charge on any atom is -0.497 e. The highest BCUT2D eigenvalue weighted by atomic mass is 16.5. The highest BCUT2D eigenvalue weighted by molar-refractivity contribution is 5.29. The smallest absolute Gasteiger partial charge is 0.137 e. The second-order valence-corrected chi connectivity index (χ2v) is 5.19. The number of fused-ring (bicyclic) bond motifs is 1. The molecule has 2 aromatic rings. The summed E-state index contributed by atoms with van der Waals surface area (Å²) in [5, 5.41) is 8.72. The minimum atomic E-state index is 0.533. The van der Waals surface area contributed by atoms with Crippen LogP contribution in [0.5, 0.6) is 5.75 Å². The lowest BCUT2D eigenvalue weighted by Gasteiger charge is -2.20. The summed E-state index contributed by atoms with van der Waals surface area (Å²) in [5.74, 6) is 3.65. The third-order valence-electron chi connectivity index (χ3n) is 3.84. The van der Waals surface area contributed by atoms with E-state index < -0.39 is 0 Å². The van der Waals surface area contributed by atoms with Crippen LogP contribution in [0.3, 0.4) is 0 Å². The fraction of sp³-hybridized carbons (Fsp3) is 0.467. The number of nitrogens with zero attached hydrogens (tertiary/aromatic N) is 3. The Kier molecular flexibility index (Phi) is 3.23. The van der Waals surface area contributed by atoms with E-state index in [1.807, 2.05) is 12.1 Å². The molecule has 1 atom stereocenters. The van der Waals surface area contributed by atoms with Crippen LogP contribution in [0.15, 0.2) is 24.3 Å². The van der Waals surface area contributed by atoms with Crippen molar-refractivity contribution in [1.29, 1.82) is 0 Å². The SMILES string of the molecule is COc1ccc(Cc2nnc3n2CCCC3C)cc1. The number of benzene rings is 1. The number of rotatable bonds is 3. The van der Waals surface area contributed by atoms with Gasteiger partial charge in [-0.15, -0.1) is 10.2 Å².